The lowest BCUT2D eigenvalue weighted by molar-refractivity contribution is 0.0699. The van der Waals surface area contributed by atoms with Crippen LogP contribution in [0.1, 0.15) is 37.5 Å². The van der Waals surface area contributed by atoms with E-state index in [4.69, 9.17) is 11.6 Å². The van der Waals surface area contributed by atoms with E-state index in [-0.39, 0.29) is 23.0 Å². The molecule has 0 unspecified atom stereocenters. The third kappa shape index (κ3) is 6.54. The molecule has 0 spiro atoms. The predicted octanol–water partition coefficient (Wildman–Crippen LogP) is 5.70. The Hall–Kier alpha value is -4.95. The van der Waals surface area contributed by atoms with Crippen molar-refractivity contribution in [3.63, 3.8) is 0 Å². The fourth-order valence-electron chi connectivity index (χ4n) is 4.39. The molecule has 0 aliphatic heterocycles. The Bertz CT molecular complexity index is 1680. The molecule has 8 nitrogen and oxygen atoms in total. The largest absolute Gasteiger partial charge is 0.508 e. The van der Waals surface area contributed by atoms with Gasteiger partial charge in [-0.3, -0.25) is 4.79 Å². The Morgan fingerprint density at radius 1 is 0.975 bits per heavy atom. The molecule has 0 aliphatic carbocycles. The average molecular weight is 553 g/mol. The minimum absolute atomic E-state index is 0.00990. The van der Waals surface area contributed by atoms with E-state index in [0.29, 0.717) is 28.9 Å². The number of carboxylic acids is 1. The molecule has 40 heavy (non-hydrogen) atoms. The van der Waals surface area contributed by atoms with Crippen LogP contribution in [0, 0.1) is 0 Å². The molecule has 5 rings (SSSR count). The molecular formula is C31H25ClN4O4. The first-order chi connectivity index (χ1) is 19.3. The van der Waals surface area contributed by atoms with E-state index in [1.165, 1.54) is 6.07 Å². The van der Waals surface area contributed by atoms with Crippen LogP contribution in [0.25, 0.3) is 23.1 Å². The molecule has 200 valence electrons. The van der Waals surface area contributed by atoms with E-state index in [1.54, 1.807) is 67.3 Å². The van der Waals surface area contributed by atoms with Gasteiger partial charge in [0.15, 0.2) is 0 Å². The van der Waals surface area contributed by atoms with Gasteiger partial charge in [0.1, 0.15) is 11.4 Å². The Morgan fingerprint density at radius 2 is 1.70 bits per heavy atom. The normalized spacial score (nSPS) is 12.0. The maximum absolute atomic E-state index is 13.3. The molecule has 1 amide bonds. The monoisotopic (exact) mass is 552 g/mol. The third-order valence-electron chi connectivity index (χ3n) is 6.38. The summed E-state index contributed by atoms with van der Waals surface area (Å²) in [6.07, 6.45) is 9.37. The number of rotatable bonds is 9. The number of imidazole rings is 1. The van der Waals surface area contributed by atoms with Gasteiger partial charge in [-0.15, -0.1) is 0 Å². The molecule has 2 aromatic heterocycles. The minimum atomic E-state index is -1.15. The first-order valence-corrected chi connectivity index (χ1v) is 12.9. The number of amides is 1. The number of pyridine rings is 1. The van der Waals surface area contributed by atoms with Crippen molar-refractivity contribution in [2.24, 2.45) is 0 Å². The molecule has 2 heterocycles. The zero-order chi connectivity index (χ0) is 28.1. The number of aromatic nitrogens is 3. The van der Waals surface area contributed by atoms with Gasteiger partial charge in [-0.1, -0.05) is 54.1 Å². The van der Waals surface area contributed by atoms with E-state index in [2.05, 4.69) is 15.3 Å². The number of hydrogen-bond acceptors (Lipinski definition) is 5. The average Bonchev–Trinajstić information content (AvgIpc) is 3.46. The van der Waals surface area contributed by atoms with Crippen LogP contribution in [0.4, 0.5) is 0 Å². The molecule has 0 fully saturated rings. The van der Waals surface area contributed by atoms with Gasteiger partial charge < -0.3 is 20.1 Å². The Balaban J connectivity index is 1.41. The lowest BCUT2D eigenvalue weighted by Crippen LogP contribution is -2.39. The summed E-state index contributed by atoms with van der Waals surface area (Å²) in [6, 6.07) is 20.4. The number of benzene rings is 3. The first kappa shape index (κ1) is 26.6. The van der Waals surface area contributed by atoms with Crippen LogP contribution in [-0.2, 0) is 13.0 Å². The summed E-state index contributed by atoms with van der Waals surface area (Å²) >= 11 is 5.95. The zero-order valence-electron chi connectivity index (χ0n) is 21.2. The van der Waals surface area contributed by atoms with Gasteiger partial charge >= 0.3 is 5.97 Å². The van der Waals surface area contributed by atoms with Gasteiger partial charge in [0.25, 0.3) is 5.91 Å². The van der Waals surface area contributed by atoms with E-state index in [1.807, 2.05) is 34.9 Å². The molecule has 3 aromatic carbocycles. The number of carbonyl (C=O) groups excluding carboxylic acids is 1. The van der Waals surface area contributed by atoms with Crippen LogP contribution in [0.3, 0.4) is 0 Å². The van der Waals surface area contributed by atoms with Crippen molar-refractivity contribution in [3.8, 4) is 5.75 Å². The van der Waals surface area contributed by atoms with E-state index in [0.717, 1.165) is 16.7 Å². The summed E-state index contributed by atoms with van der Waals surface area (Å²) in [5.74, 6) is -1.48. The highest BCUT2D eigenvalue weighted by Gasteiger charge is 2.20. The number of phenolic OH excluding ortho intramolecular Hbond substituents is 1. The zero-order valence-corrected chi connectivity index (χ0v) is 22.0. The number of fused-ring (bicyclic) bond motifs is 1. The predicted molar refractivity (Wildman–Crippen MR) is 154 cm³/mol. The Labute approximate surface area is 235 Å². The van der Waals surface area contributed by atoms with Gasteiger partial charge in [-0.25, -0.2) is 14.8 Å². The van der Waals surface area contributed by atoms with Crippen LogP contribution in [0.2, 0.25) is 5.02 Å². The number of aromatic carboxylic acids is 1. The maximum Gasteiger partial charge on any atom is 0.336 e. The van der Waals surface area contributed by atoms with Gasteiger partial charge in [-0.05, 0) is 65.6 Å². The molecule has 9 heteroatoms. The van der Waals surface area contributed by atoms with Gasteiger partial charge in [0.2, 0.25) is 0 Å². The molecule has 0 saturated carbocycles. The quantitative estimate of drug-likeness (QED) is 0.202. The number of carboxylic acid groups (broad SMARTS) is 1. The van der Waals surface area contributed by atoms with Crippen LogP contribution in [0.15, 0.2) is 91.5 Å². The number of nitrogens with zero attached hydrogens (tertiary/aromatic N) is 3. The second-order valence-electron chi connectivity index (χ2n) is 9.32. The SMILES string of the molecule is O=C(N[C@@H](Cc1ccc(O)cc1)Cn1ccnc1)c1cc(C(=O)O)c2cc(/C=C/c3ccc(Cl)cc3)ccc2n1. The van der Waals surface area contributed by atoms with Crippen molar-refractivity contribution in [1.29, 1.82) is 0 Å². The van der Waals surface area contributed by atoms with Crippen LogP contribution < -0.4 is 5.32 Å². The smallest absolute Gasteiger partial charge is 0.336 e. The Kier molecular flexibility index (Phi) is 7.89. The summed E-state index contributed by atoms with van der Waals surface area (Å²) in [5.41, 5.74) is 3.06. The number of hydrogen-bond donors (Lipinski definition) is 3. The minimum Gasteiger partial charge on any atom is -0.508 e. The maximum atomic E-state index is 13.3. The summed E-state index contributed by atoms with van der Waals surface area (Å²) < 4.78 is 1.85. The number of carbonyl (C=O) groups is 2. The Morgan fingerprint density at radius 3 is 2.40 bits per heavy atom. The van der Waals surface area contributed by atoms with Crippen LogP contribution in [-0.4, -0.2) is 42.7 Å². The third-order valence-corrected chi connectivity index (χ3v) is 6.63. The molecule has 0 aliphatic rings. The van der Waals surface area contributed by atoms with Crippen LogP contribution in [0.5, 0.6) is 5.75 Å². The highest BCUT2D eigenvalue weighted by molar-refractivity contribution is 6.30. The fraction of sp³-hybridized carbons (Fsp3) is 0.0968. The van der Waals surface area contributed by atoms with Gasteiger partial charge in [0.05, 0.1) is 23.4 Å². The topological polar surface area (TPSA) is 117 Å². The molecule has 0 radical (unpaired) electrons. The summed E-state index contributed by atoms with van der Waals surface area (Å²) in [4.78, 5) is 34.1. The molecule has 3 N–H and O–H groups in total. The molecule has 0 bridgehead atoms. The summed E-state index contributed by atoms with van der Waals surface area (Å²) in [7, 11) is 0. The van der Waals surface area contributed by atoms with E-state index in [9.17, 15) is 19.8 Å². The van der Waals surface area contributed by atoms with Crippen molar-refractivity contribution >= 4 is 46.5 Å². The van der Waals surface area contributed by atoms with E-state index < -0.39 is 11.9 Å². The first-order valence-electron chi connectivity index (χ1n) is 12.5. The molecule has 5 aromatic rings. The standard InChI is InChI=1S/C31H25ClN4O4/c32-23-8-3-20(4-9-23)1-2-22-7-12-28-26(16-22)27(31(39)40)17-29(35-28)30(38)34-24(18-36-14-13-33-19-36)15-21-5-10-25(37)11-6-21/h1-14,16-17,19,24,37H,15,18H2,(H,34,38)(H,39,40)/b2-1+/t24-/m0/s1. The lowest BCUT2D eigenvalue weighted by atomic mass is 10.0. The molecule has 1 atom stereocenters. The molecule has 0 saturated heterocycles. The van der Waals surface area contributed by atoms with Crippen molar-refractivity contribution in [1.82, 2.24) is 19.9 Å². The second-order valence-corrected chi connectivity index (χ2v) is 9.76. The highest BCUT2D eigenvalue weighted by Crippen LogP contribution is 2.23. The van der Waals surface area contributed by atoms with Crippen molar-refractivity contribution in [2.75, 3.05) is 0 Å². The number of phenols is 1. The van der Waals surface area contributed by atoms with Crippen molar-refractivity contribution < 1.29 is 19.8 Å². The fourth-order valence-corrected chi connectivity index (χ4v) is 4.52. The number of aromatic hydroxyl groups is 1. The number of halogens is 1. The highest BCUT2D eigenvalue weighted by atomic mass is 35.5. The van der Waals surface area contributed by atoms with E-state index >= 15 is 0 Å². The molecular weight excluding hydrogens is 528 g/mol. The second kappa shape index (κ2) is 11.8. The summed E-state index contributed by atoms with van der Waals surface area (Å²) in [5, 5.41) is 23.6. The number of nitrogens with one attached hydrogen (secondary N) is 1. The van der Waals surface area contributed by atoms with Crippen molar-refractivity contribution in [3.05, 3.63) is 124 Å². The van der Waals surface area contributed by atoms with Crippen molar-refractivity contribution in [2.45, 2.75) is 19.0 Å². The van der Waals surface area contributed by atoms with Gasteiger partial charge in [-0.2, -0.15) is 0 Å². The summed E-state index contributed by atoms with van der Waals surface area (Å²) in [6.45, 7) is 0.440. The van der Waals surface area contributed by atoms with Crippen LogP contribution >= 0.6 is 11.6 Å². The lowest BCUT2D eigenvalue weighted by Gasteiger charge is -2.20. The van der Waals surface area contributed by atoms with Gasteiger partial charge in [0, 0.05) is 29.3 Å².